The third-order valence-corrected chi connectivity index (χ3v) is 7.95. The Morgan fingerprint density at radius 1 is 1.16 bits per heavy atom. The van der Waals surface area contributed by atoms with Gasteiger partial charge in [-0.3, -0.25) is 14.5 Å². The summed E-state index contributed by atoms with van der Waals surface area (Å²) in [6, 6.07) is 15.7. The topological polar surface area (TPSA) is 82.1 Å². The van der Waals surface area contributed by atoms with Crippen molar-refractivity contribution in [3.05, 3.63) is 59.7 Å². The Labute approximate surface area is 227 Å². The first-order valence-corrected chi connectivity index (χ1v) is 14.1. The van der Waals surface area contributed by atoms with Gasteiger partial charge in [0.15, 0.2) is 0 Å². The normalized spacial score (nSPS) is 21.6. The number of nitrogens with one attached hydrogen (secondary N) is 1. The van der Waals surface area contributed by atoms with E-state index in [1.54, 1.807) is 4.90 Å². The maximum atomic E-state index is 13.4. The molecule has 0 aromatic heterocycles. The number of amides is 2. The van der Waals surface area contributed by atoms with E-state index >= 15 is 0 Å². The fourth-order valence-corrected chi connectivity index (χ4v) is 5.60. The number of aliphatic hydroxyl groups excluding tert-OH is 1. The number of fused-ring (bicyclic) bond motifs is 1. The number of anilines is 1. The zero-order valence-electron chi connectivity index (χ0n) is 23.1. The fraction of sp³-hybridized carbons (Fsp3) is 0.548. The first-order valence-electron chi connectivity index (χ1n) is 14.1. The molecule has 1 aliphatic heterocycles. The van der Waals surface area contributed by atoms with Crippen LogP contribution in [0, 0.1) is 11.8 Å². The predicted molar refractivity (Wildman–Crippen MR) is 150 cm³/mol. The van der Waals surface area contributed by atoms with Gasteiger partial charge in [0.2, 0.25) is 11.8 Å². The molecule has 0 bridgehead atoms. The lowest BCUT2D eigenvalue weighted by atomic mass is 9.88. The maximum Gasteiger partial charge on any atom is 0.227 e. The van der Waals surface area contributed by atoms with Gasteiger partial charge in [-0.25, -0.2) is 0 Å². The summed E-state index contributed by atoms with van der Waals surface area (Å²) in [5.74, 6) is 0.792. The largest absolute Gasteiger partial charge is 0.488 e. The van der Waals surface area contributed by atoms with Gasteiger partial charge in [0.05, 0.1) is 19.1 Å². The van der Waals surface area contributed by atoms with Crippen molar-refractivity contribution in [2.45, 2.75) is 71.1 Å². The number of aliphatic hydroxyl groups is 1. The summed E-state index contributed by atoms with van der Waals surface area (Å²) in [7, 11) is 2.08. The molecular weight excluding hydrogens is 478 g/mol. The Kier molecular flexibility index (Phi) is 9.80. The van der Waals surface area contributed by atoms with E-state index in [4.69, 9.17) is 4.74 Å². The highest BCUT2D eigenvalue weighted by atomic mass is 16.5. The number of ether oxygens (including phenoxy) is 1. The zero-order chi connectivity index (χ0) is 27.1. The van der Waals surface area contributed by atoms with Crippen LogP contribution in [0.2, 0.25) is 0 Å². The van der Waals surface area contributed by atoms with Crippen LogP contribution in [0.25, 0.3) is 0 Å². The monoisotopic (exact) mass is 521 g/mol. The Morgan fingerprint density at radius 2 is 1.89 bits per heavy atom. The molecule has 0 radical (unpaired) electrons. The number of hydrogen-bond acceptors (Lipinski definition) is 5. The SMILES string of the molecule is C[C@@H]1CN([C@@H](C)CO)C(=O)Cc2cc(NC(=O)C3CCCCC3)ccc2O[C@@H]1CN(C)Cc1ccccc1. The van der Waals surface area contributed by atoms with Gasteiger partial charge in [-0.1, -0.05) is 56.5 Å². The second-order valence-corrected chi connectivity index (χ2v) is 11.2. The molecule has 2 aromatic carbocycles. The average molecular weight is 522 g/mol. The highest BCUT2D eigenvalue weighted by Crippen LogP contribution is 2.30. The van der Waals surface area contributed by atoms with E-state index in [-0.39, 0.29) is 48.8 Å². The van der Waals surface area contributed by atoms with Gasteiger partial charge in [-0.2, -0.15) is 0 Å². The van der Waals surface area contributed by atoms with Crippen molar-refractivity contribution in [1.29, 1.82) is 0 Å². The highest BCUT2D eigenvalue weighted by molar-refractivity contribution is 5.93. The summed E-state index contributed by atoms with van der Waals surface area (Å²) in [5.41, 5.74) is 2.69. The van der Waals surface area contributed by atoms with Gasteiger partial charge >= 0.3 is 0 Å². The molecule has 0 spiro atoms. The van der Waals surface area contributed by atoms with Crippen LogP contribution in [-0.2, 0) is 22.6 Å². The standard InChI is InChI=1S/C31H43N3O4/c1-22-18-34(23(2)21-35)30(36)17-26-16-27(32-31(37)25-12-8-5-9-13-25)14-15-28(26)38-29(22)20-33(3)19-24-10-6-4-7-11-24/h4,6-7,10-11,14-16,22-23,25,29,35H,5,8-9,12-13,17-21H2,1-3H3,(H,32,37)/t22-,23+,29-/m1/s1. The molecule has 1 heterocycles. The second-order valence-electron chi connectivity index (χ2n) is 11.2. The second kappa shape index (κ2) is 13.3. The van der Waals surface area contributed by atoms with Crippen LogP contribution in [0.4, 0.5) is 5.69 Å². The van der Waals surface area contributed by atoms with Crippen LogP contribution in [0.5, 0.6) is 5.75 Å². The van der Waals surface area contributed by atoms with Crippen LogP contribution in [-0.4, -0.2) is 65.6 Å². The molecule has 7 heteroatoms. The molecule has 0 saturated heterocycles. The maximum absolute atomic E-state index is 13.4. The molecule has 1 aliphatic carbocycles. The van der Waals surface area contributed by atoms with Gasteiger partial charge in [-0.15, -0.1) is 0 Å². The third kappa shape index (κ3) is 7.35. The van der Waals surface area contributed by atoms with Crippen molar-refractivity contribution in [1.82, 2.24) is 9.80 Å². The molecule has 0 unspecified atom stereocenters. The molecule has 4 rings (SSSR count). The van der Waals surface area contributed by atoms with Gasteiger partial charge < -0.3 is 20.1 Å². The molecule has 7 nitrogen and oxygen atoms in total. The summed E-state index contributed by atoms with van der Waals surface area (Å²) in [5, 5.41) is 13.0. The lowest BCUT2D eigenvalue weighted by Gasteiger charge is -2.34. The highest BCUT2D eigenvalue weighted by Gasteiger charge is 2.31. The van der Waals surface area contributed by atoms with Crippen molar-refractivity contribution in [3.8, 4) is 5.75 Å². The van der Waals surface area contributed by atoms with Crippen LogP contribution < -0.4 is 10.1 Å². The van der Waals surface area contributed by atoms with Gasteiger partial charge in [0.25, 0.3) is 0 Å². The van der Waals surface area contributed by atoms with Crippen molar-refractivity contribution in [3.63, 3.8) is 0 Å². The Bertz CT molecular complexity index is 1070. The number of nitrogens with zero attached hydrogens (tertiary/aromatic N) is 2. The van der Waals surface area contributed by atoms with E-state index in [0.717, 1.165) is 37.8 Å². The molecular formula is C31H43N3O4. The number of carbonyl (C=O) groups excluding carboxylic acids is 2. The number of carbonyl (C=O) groups is 2. The van der Waals surface area contributed by atoms with Crippen LogP contribution in [0.15, 0.2) is 48.5 Å². The van der Waals surface area contributed by atoms with Crippen molar-refractivity contribution in [2.24, 2.45) is 11.8 Å². The summed E-state index contributed by atoms with van der Waals surface area (Å²) < 4.78 is 6.63. The lowest BCUT2D eigenvalue weighted by Crippen LogP contribution is -2.47. The van der Waals surface area contributed by atoms with E-state index in [2.05, 4.69) is 36.3 Å². The van der Waals surface area contributed by atoms with Gasteiger partial charge in [-0.05, 0) is 50.6 Å². The quantitative estimate of drug-likeness (QED) is 0.535. The predicted octanol–water partition coefficient (Wildman–Crippen LogP) is 4.49. The first-order chi connectivity index (χ1) is 18.3. The average Bonchev–Trinajstić information content (AvgIpc) is 2.97. The van der Waals surface area contributed by atoms with Crippen molar-refractivity contribution < 1.29 is 19.4 Å². The van der Waals surface area contributed by atoms with Crippen LogP contribution in [0.1, 0.15) is 57.1 Å². The lowest BCUT2D eigenvalue weighted by molar-refractivity contribution is -0.134. The van der Waals surface area contributed by atoms with Gasteiger partial charge in [0.1, 0.15) is 11.9 Å². The molecule has 3 atom stereocenters. The van der Waals surface area contributed by atoms with Crippen molar-refractivity contribution >= 4 is 17.5 Å². The zero-order valence-corrected chi connectivity index (χ0v) is 23.1. The van der Waals surface area contributed by atoms with Crippen LogP contribution >= 0.6 is 0 Å². The number of hydrogen-bond donors (Lipinski definition) is 2. The van der Waals surface area contributed by atoms with E-state index < -0.39 is 0 Å². The van der Waals surface area contributed by atoms with Crippen molar-refractivity contribution in [2.75, 3.05) is 32.1 Å². The van der Waals surface area contributed by atoms with E-state index in [9.17, 15) is 14.7 Å². The summed E-state index contributed by atoms with van der Waals surface area (Å²) >= 11 is 0. The molecule has 2 aliphatic rings. The summed E-state index contributed by atoms with van der Waals surface area (Å²) in [4.78, 5) is 30.3. The minimum absolute atomic E-state index is 0.0442. The Hall–Kier alpha value is -2.90. The van der Waals surface area contributed by atoms with E-state index in [1.807, 2.05) is 43.3 Å². The Morgan fingerprint density at radius 3 is 2.61 bits per heavy atom. The first kappa shape index (κ1) is 28.1. The molecule has 206 valence electrons. The molecule has 2 aromatic rings. The summed E-state index contributed by atoms with van der Waals surface area (Å²) in [6.07, 6.45) is 5.26. The minimum Gasteiger partial charge on any atom is -0.488 e. The van der Waals surface area contributed by atoms with E-state index in [1.165, 1.54) is 12.0 Å². The molecule has 1 fully saturated rings. The van der Waals surface area contributed by atoms with Crippen LogP contribution in [0.3, 0.4) is 0 Å². The number of likely N-dealkylation sites (N-methyl/N-ethyl adjacent to an activating group) is 1. The Balaban J connectivity index is 1.57. The fourth-order valence-electron chi connectivity index (χ4n) is 5.60. The third-order valence-electron chi connectivity index (χ3n) is 7.95. The molecule has 2 amide bonds. The number of benzene rings is 2. The summed E-state index contributed by atoms with van der Waals surface area (Å²) in [6.45, 7) is 5.87. The molecule has 1 saturated carbocycles. The smallest absolute Gasteiger partial charge is 0.227 e. The van der Waals surface area contributed by atoms with Gasteiger partial charge in [0, 0.05) is 42.7 Å². The number of rotatable bonds is 8. The van der Waals surface area contributed by atoms with E-state index in [0.29, 0.717) is 24.5 Å². The molecule has 2 N–H and O–H groups in total. The minimum atomic E-state index is -0.289. The molecule has 38 heavy (non-hydrogen) atoms.